The van der Waals surface area contributed by atoms with Crippen LogP contribution in [0.5, 0.6) is 5.75 Å². The Bertz CT molecular complexity index is 802. The molecule has 1 saturated heterocycles. The summed E-state index contributed by atoms with van der Waals surface area (Å²) in [5.41, 5.74) is 2.09. The van der Waals surface area contributed by atoms with Crippen LogP contribution in [-0.4, -0.2) is 29.4 Å². The van der Waals surface area contributed by atoms with Crippen molar-refractivity contribution in [1.82, 2.24) is 4.90 Å². The van der Waals surface area contributed by atoms with Crippen LogP contribution >= 0.6 is 0 Å². The average molecular weight is 340 g/mol. The number of amides is 1. The molecule has 0 spiro atoms. The topological polar surface area (TPSA) is 72.7 Å². The predicted octanol–water partition coefficient (Wildman–Crippen LogP) is 3.89. The third kappa shape index (κ3) is 3.33. The quantitative estimate of drug-likeness (QED) is 0.625. The van der Waals surface area contributed by atoms with Crippen molar-refractivity contribution >= 4 is 11.6 Å². The van der Waals surface area contributed by atoms with Crippen molar-refractivity contribution in [3.63, 3.8) is 0 Å². The standard InChI is InChI=1S/C19H20N2O4/c1-13-12-15(7-10-17(13)21(23)24)19(22)20-11-3-4-18(20)14-5-8-16(25-2)9-6-14/h5-10,12,18H,3-4,11H2,1-2H3. The monoisotopic (exact) mass is 340 g/mol. The maximum atomic E-state index is 12.9. The Morgan fingerprint density at radius 2 is 1.96 bits per heavy atom. The zero-order valence-corrected chi connectivity index (χ0v) is 14.3. The molecular formula is C19H20N2O4. The van der Waals surface area contributed by atoms with Crippen LogP contribution in [0.3, 0.4) is 0 Å². The first-order chi connectivity index (χ1) is 12.0. The highest BCUT2D eigenvalue weighted by molar-refractivity contribution is 5.95. The van der Waals surface area contributed by atoms with E-state index in [-0.39, 0.29) is 17.6 Å². The Hall–Kier alpha value is -2.89. The fourth-order valence-corrected chi connectivity index (χ4v) is 3.34. The van der Waals surface area contributed by atoms with Crippen molar-refractivity contribution in [2.24, 2.45) is 0 Å². The van der Waals surface area contributed by atoms with E-state index in [9.17, 15) is 14.9 Å². The first-order valence-corrected chi connectivity index (χ1v) is 8.21. The van der Waals surface area contributed by atoms with Gasteiger partial charge in [-0.25, -0.2) is 0 Å². The van der Waals surface area contributed by atoms with E-state index >= 15 is 0 Å². The number of methoxy groups -OCH3 is 1. The molecule has 1 heterocycles. The molecule has 1 unspecified atom stereocenters. The van der Waals surface area contributed by atoms with E-state index in [0.717, 1.165) is 24.2 Å². The van der Waals surface area contributed by atoms with Crippen molar-refractivity contribution in [1.29, 1.82) is 0 Å². The van der Waals surface area contributed by atoms with Gasteiger partial charge in [0.05, 0.1) is 18.1 Å². The largest absolute Gasteiger partial charge is 0.497 e. The number of nitrogens with zero attached hydrogens (tertiary/aromatic N) is 2. The number of carbonyl (C=O) groups excluding carboxylic acids is 1. The first-order valence-electron chi connectivity index (χ1n) is 8.21. The molecule has 0 N–H and O–H groups in total. The van der Waals surface area contributed by atoms with Gasteiger partial charge in [-0.15, -0.1) is 0 Å². The number of benzene rings is 2. The van der Waals surface area contributed by atoms with Crippen LogP contribution in [0.15, 0.2) is 42.5 Å². The lowest BCUT2D eigenvalue weighted by Gasteiger charge is -2.25. The second-order valence-electron chi connectivity index (χ2n) is 6.19. The summed E-state index contributed by atoms with van der Waals surface area (Å²) in [6.07, 6.45) is 1.85. The molecule has 0 saturated carbocycles. The van der Waals surface area contributed by atoms with Crippen LogP contribution in [0, 0.1) is 17.0 Å². The van der Waals surface area contributed by atoms with E-state index in [4.69, 9.17) is 4.74 Å². The fourth-order valence-electron chi connectivity index (χ4n) is 3.34. The van der Waals surface area contributed by atoms with E-state index in [1.165, 1.54) is 12.1 Å². The Balaban J connectivity index is 1.85. The number of ether oxygens (including phenoxy) is 1. The van der Waals surface area contributed by atoms with Crippen molar-refractivity contribution in [3.8, 4) is 5.75 Å². The molecule has 25 heavy (non-hydrogen) atoms. The van der Waals surface area contributed by atoms with Gasteiger partial charge in [-0.3, -0.25) is 14.9 Å². The van der Waals surface area contributed by atoms with E-state index < -0.39 is 4.92 Å². The third-order valence-corrected chi connectivity index (χ3v) is 4.65. The van der Waals surface area contributed by atoms with Crippen LogP contribution in [-0.2, 0) is 0 Å². The van der Waals surface area contributed by atoms with Crippen LogP contribution in [0.2, 0.25) is 0 Å². The molecule has 130 valence electrons. The van der Waals surface area contributed by atoms with E-state index in [2.05, 4.69) is 0 Å². The van der Waals surface area contributed by atoms with Crippen LogP contribution in [0.25, 0.3) is 0 Å². The van der Waals surface area contributed by atoms with Crippen molar-refractivity contribution in [2.75, 3.05) is 13.7 Å². The predicted molar refractivity (Wildman–Crippen MR) is 93.8 cm³/mol. The van der Waals surface area contributed by atoms with Crippen molar-refractivity contribution in [2.45, 2.75) is 25.8 Å². The minimum Gasteiger partial charge on any atom is -0.497 e. The van der Waals surface area contributed by atoms with Gasteiger partial charge in [0.15, 0.2) is 0 Å². The summed E-state index contributed by atoms with van der Waals surface area (Å²) in [5.74, 6) is 0.696. The number of carbonyl (C=O) groups is 1. The molecule has 6 heteroatoms. The van der Waals surface area contributed by atoms with E-state index in [1.54, 1.807) is 20.1 Å². The molecule has 1 aliphatic heterocycles. The van der Waals surface area contributed by atoms with Gasteiger partial charge in [-0.1, -0.05) is 12.1 Å². The molecule has 0 aromatic heterocycles. The number of hydrogen-bond donors (Lipinski definition) is 0. The van der Waals surface area contributed by atoms with Gasteiger partial charge < -0.3 is 9.64 Å². The summed E-state index contributed by atoms with van der Waals surface area (Å²) in [6, 6.07) is 12.3. The SMILES string of the molecule is COc1ccc(C2CCCN2C(=O)c2ccc([N+](=O)[O-])c(C)c2)cc1. The van der Waals surface area contributed by atoms with Crippen LogP contribution in [0.1, 0.15) is 40.4 Å². The van der Waals surface area contributed by atoms with E-state index in [1.807, 2.05) is 29.2 Å². The number of nitro benzene ring substituents is 1. The number of nitro groups is 1. The molecule has 2 aromatic rings. The van der Waals surface area contributed by atoms with Gasteiger partial charge in [-0.05, 0) is 49.6 Å². The van der Waals surface area contributed by atoms with Gasteiger partial charge in [0.2, 0.25) is 0 Å². The molecule has 1 aliphatic rings. The van der Waals surface area contributed by atoms with Crippen LogP contribution in [0.4, 0.5) is 5.69 Å². The molecule has 0 aliphatic carbocycles. The highest BCUT2D eigenvalue weighted by Gasteiger charge is 2.31. The molecule has 1 fully saturated rings. The van der Waals surface area contributed by atoms with Crippen molar-refractivity contribution < 1.29 is 14.5 Å². The van der Waals surface area contributed by atoms with Gasteiger partial charge in [0, 0.05) is 23.7 Å². The van der Waals surface area contributed by atoms with Gasteiger partial charge >= 0.3 is 0 Å². The average Bonchev–Trinajstić information content (AvgIpc) is 3.10. The first kappa shape index (κ1) is 17.0. The number of aryl methyl sites for hydroxylation is 1. The Morgan fingerprint density at radius 1 is 1.24 bits per heavy atom. The molecule has 0 bridgehead atoms. The maximum Gasteiger partial charge on any atom is 0.272 e. The molecular weight excluding hydrogens is 320 g/mol. The number of hydrogen-bond acceptors (Lipinski definition) is 4. The van der Waals surface area contributed by atoms with Gasteiger partial charge in [-0.2, -0.15) is 0 Å². The lowest BCUT2D eigenvalue weighted by molar-refractivity contribution is -0.385. The third-order valence-electron chi connectivity index (χ3n) is 4.65. The van der Waals surface area contributed by atoms with E-state index in [0.29, 0.717) is 17.7 Å². The second-order valence-corrected chi connectivity index (χ2v) is 6.19. The smallest absolute Gasteiger partial charge is 0.272 e. The molecule has 0 radical (unpaired) electrons. The minimum absolute atomic E-state index is 0.0221. The van der Waals surface area contributed by atoms with Gasteiger partial charge in [0.25, 0.3) is 11.6 Å². The Labute approximate surface area is 146 Å². The molecule has 6 nitrogen and oxygen atoms in total. The Kier molecular flexibility index (Phi) is 4.70. The minimum atomic E-state index is -0.431. The summed E-state index contributed by atoms with van der Waals surface area (Å²) in [7, 11) is 1.62. The van der Waals surface area contributed by atoms with Crippen LogP contribution < -0.4 is 4.74 Å². The summed E-state index contributed by atoms with van der Waals surface area (Å²) in [6.45, 7) is 2.34. The van der Waals surface area contributed by atoms with Gasteiger partial charge in [0.1, 0.15) is 5.75 Å². The maximum absolute atomic E-state index is 12.9. The zero-order chi connectivity index (χ0) is 18.0. The fraction of sp³-hybridized carbons (Fsp3) is 0.316. The summed E-state index contributed by atoms with van der Waals surface area (Å²) in [4.78, 5) is 25.3. The zero-order valence-electron chi connectivity index (χ0n) is 14.3. The highest BCUT2D eigenvalue weighted by atomic mass is 16.6. The summed E-state index contributed by atoms with van der Waals surface area (Å²) >= 11 is 0. The molecule has 3 rings (SSSR count). The number of rotatable bonds is 4. The summed E-state index contributed by atoms with van der Waals surface area (Å²) in [5, 5.41) is 10.9. The number of likely N-dealkylation sites (tertiary alicyclic amines) is 1. The summed E-state index contributed by atoms with van der Waals surface area (Å²) < 4.78 is 5.18. The molecule has 2 aromatic carbocycles. The van der Waals surface area contributed by atoms with Crippen molar-refractivity contribution in [3.05, 3.63) is 69.3 Å². The second kappa shape index (κ2) is 6.93. The normalized spacial score (nSPS) is 16.7. The highest BCUT2D eigenvalue weighted by Crippen LogP contribution is 2.34. The lowest BCUT2D eigenvalue weighted by atomic mass is 10.0. The molecule has 1 atom stereocenters. The Morgan fingerprint density at radius 3 is 2.56 bits per heavy atom. The molecule has 1 amide bonds. The lowest BCUT2D eigenvalue weighted by Crippen LogP contribution is -2.30.